The molecule has 0 aliphatic carbocycles. The summed E-state index contributed by atoms with van der Waals surface area (Å²) in [6, 6.07) is 0. The Hall–Kier alpha value is -1.44. The third kappa shape index (κ3) is 5.03. The van der Waals surface area contributed by atoms with Gasteiger partial charge in [0.2, 0.25) is 0 Å². The Balaban J connectivity index is 1.45. The summed E-state index contributed by atoms with van der Waals surface area (Å²) in [5.41, 5.74) is 0.0496. The number of rotatable bonds is 7. The van der Waals surface area contributed by atoms with Crippen molar-refractivity contribution in [2.45, 2.75) is 63.8 Å². The Morgan fingerprint density at radius 1 is 1.36 bits per heavy atom. The van der Waals surface area contributed by atoms with Crippen molar-refractivity contribution < 1.29 is 0 Å². The quantitative estimate of drug-likeness (QED) is 0.431. The fraction of sp³-hybridized carbons (Fsp3) is 0.824. The number of hydrogen-bond acceptors (Lipinski definition) is 4. The Bertz CT molecular complexity index is 632. The van der Waals surface area contributed by atoms with E-state index in [4.69, 9.17) is 4.99 Å². The van der Waals surface area contributed by atoms with Gasteiger partial charge in [0, 0.05) is 37.8 Å². The van der Waals surface area contributed by atoms with Crippen molar-refractivity contribution in [1.82, 2.24) is 25.0 Å². The number of aromatic nitrogens is 3. The summed E-state index contributed by atoms with van der Waals surface area (Å²) < 4.78 is 3.46. The molecule has 1 aromatic heterocycles. The number of fused-ring (bicyclic) bond motifs is 1. The van der Waals surface area contributed by atoms with Crippen molar-refractivity contribution >= 4 is 17.7 Å². The Morgan fingerprint density at radius 3 is 3.04 bits per heavy atom. The van der Waals surface area contributed by atoms with Crippen LogP contribution in [0.2, 0.25) is 0 Å². The van der Waals surface area contributed by atoms with E-state index in [0.29, 0.717) is 11.8 Å². The van der Waals surface area contributed by atoms with Crippen LogP contribution in [-0.4, -0.2) is 50.9 Å². The Labute approximate surface area is 153 Å². The molecule has 3 heterocycles. The average Bonchev–Trinajstić information content (AvgIpc) is 3.25. The molecule has 0 radical (unpaired) electrons. The third-order valence-corrected chi connectivity index (χ3v) is 6.07. The zero-order chi connectivity index (χ0) is 17.5. The van der Waals surface area contributed by atoms with E-state index in [1.165, 1.54) is 18.6 Å². The molecule has 2 aliphatic heterocycles. The number of thioether (sulfide) groups is 1. The standard InChI is InChI=1S/C17H30N6OS/c1-2-18-16(20-13-14-7-5-12-25-14)19-9-6-11-23-17(24)22-10-4-3-8-15(22)21-23/h14H,2-13H2,1H3,(H2,18,19,20). The highest BCUT2D eigenvalue weighted by Crippen LogP contribution is 2.25. The van der Waals surface area contributed by atoms with Crippen LogP contribution in [0.15, 0.2) is 9.79 Å². The van der Waals surface area contributed by atoms with Crippen LogP contribution in [0.25, 0.3) is 0 Å². The van der Waals surface area contributed by atoms with E-state index in [1.54, 1.807) is 4.68 Å². The lowest BCUT2D eigenvalue weighted by atomic mass is 10.2. The molecule has 7 nitrogen and oxygen atoms in total. The fourth-order valence-electron chi connectivity index (χ4n) is 3.35. The highest BCUT2D eigenvalue weighted by molar-refractivity contribution is 8.00. The van der Waals surface area contributed by atoms with Crippen molar-refractivity contribution in [3.63, 3.8) is 0 Å². The molecule has 0 spiro atoms. The first-order chi connectivity index (χ1) is 12.3. The predicted octanol–water partition coefficient (Wildman–Crippen LogP) is 1.22. The predicted molar refractivity (Wildman–Crippen MR) is 104 cm³/mol. The molecule has 1 unspecified atom stereocenters. The maximum atomic E-state index is 12.3. The van der Waals surface area contributed by atoms with Crippen LogP contribution in [0.4, 0.5) is 0 Å². The second-order valence-electron chi connectivity index (χ2n) is 6.67. The van der Waals surface area contributed by atoms with Crippen molar-refractivity contribution in [1.29, 1.82) is 0 Å². The fourth-order valence-corrected chi connectivity index (χ4v) is 4.53. The second-order valence-corrected chi connectivity index (χ2v) is 8.07. The molecular formula is C17H30N6OS. The Morgan fingerprint density at radius 2 is 2.28 bits per heavy atom. The number of aliphatic imine (C=N–C) groups is 1. The molecule has 3 rings (SSSR count). The molecule has 1 fully saturated rings. The molecule has 2 aliphatic rings. The highest BCUT2D eigenvalue weighted by atomic mass is 32.2. The number of nitrogens with zero attached hydrogens (tertiary/aromatic N) is 4. The van der Waals surface area contributed by atoms with Crippen LogP contribution in [0, 0.1) is 0 Å². The molecule has 1 aromatic rings. The minimum Gasteiger partial charge on any atom is -0.357 e. The summed E-state index contributed by atoms with van der Waals surface area (Å²) in [5.74, 6) is 3.10. The average molecular weight is 367 g/mol. The van der Waals surface area contributed by atoms with Crippen molar-refractivity contribution in [2.75, 3.05) is 25.4 Å². The first-order valence-electron chi connectivity index (χ1n) is 9.58. The second kappa shape index (κ2) is 9.31. The van der Waals surface area contributed by atoms with Crippen molar-refractivity contribution in [3.05, 3.63) is 16.3 Å². The van der Waals surface area contributed by atoms with Gasteiger partial charge >= 0.3 is 5.69 Å². The first kappa shape index (κ1) is 18.4. The van der Waals surface area contributed by atoms with Gasteiger partial charge in [-0.25, -0.2) is 9.48 Å². The van der Waals surface area contributed by atoms with E-state index in [2.05, 4.69) is 22.7 Å². The molecule has 0 saturated carbocycles. The van der Waals surface area contributed by atoms with E-state index < -0.39 is 0 Å². The van der Waals surface area contributed by atoms with Crippen LogP contribution in [0.3, 0.4) is 0 Å². The SMILES string of the molecule is CCNC(=NCC1CCCS1)NCCCn1nc2n(c1=O)CCCC2. The number of nitrogens with one attached hydrogen (secondary N) is 2. The van der Waals surface area contributed by atoms with Crippen LogP contribution in [-0.2, 0) is 19.5 Å². The monoisotopic (exact) mass is 366 g/mol. The van der Waals surface area contributed by atoms with Crippen molar-refractivity contribution in [3.8, 4) is 0 Å². The summed E-state index contributed by atoms with van der Waals surface area (Å²) in [4.78, 5) is 17.0. The maximum absolute atomic E-state index is 12.3. The van der Waals surface area contributed by atoms with Gasteiger partial charge in [0.15, 0.2) is 5.96 Å². The zero-order valence-corrected chi connectivity index (χ0v) is 16.0. The summed E-state index contributed by atoms with van der Waals surface area (Å²) in [5, 5.41) is 11.8. The van der Waals surface area contributed by atoms with Crippen molar-refractivity contribution in [2.24, 2.45) is 4.99 Å². The van der Waals surface area contributed by atoms with Gasteiger partial charge in [-0.1, -0.05) is 0 Å². The van der Waals surface area contributed by atoms with Gasteiger partial charge in [-0.3, -0.25) is 9.56 Å². The molecule has 2 N–H and O–H groups in total. The number of aryl methyl sites for hydroxylation is 2. The van der Waals surface area contributed by atoms with Crippen LogP contribution >= 0.6 is 11.8 Å². The van der Waals surface area contributed by atoms with Gasteiger partial charge < -0.3 is 10.6 Å². The molecule has 8 heteroatoms. The van der Waals surface area contributed by atoms with Gasteiger partial charge in [-0.15, -0.1) is 0 Å². The molecule has 0 bridgehead atoms. The molecule has 1 atom stereocenters. The van der Waals surface area contributed by atoms with Gasteiger partial charge in [0.25, 0.3) is 0 Å². The zero-order valence-electron chi connectivity index (χ0n) is 15.2. The van der Waals surface area contributed by atoms with E-state index in [0.717, 1.165) is 63.6 Å². The third-order valence-electron chi connectivity index (χ3n) is 4.69. The lowest BCUT2D eigenvalue weighted by molar-refractivity contribution is 0.509. The smallest absolute Gasteiger partial charge is 0.345 e. The number of hydrogen-bond donors (Lipinski definition) is 2. The normalized spacial score (nSPS) is 20.5. The molecule has 0 aromatic carbocycles. The Kier molecular flexibility index (Phi) is 6.84. The van der Waals surface area contributed by atoms with Crippen LogP contribution < -0.4 is 16.3 Å². The molecule has 25 heavy (non-hydrogen) atoms. The largest absolute Gasteiger partial charge is 0.357 e. The first-order valence-corrected chi connectivity index (χ1v) is 10.6. The summed E-state index contributed by atoms with van der Waals surface area (Å²) in [7, 11) is 0. The lowest BCUT2D eigenvalue weighted by Gasteiger charge is -2.12. The minimum atomic E-state index is 0.0496. The molecule has 1 saturated heterocycles. The van der Waals surface area contributed by atoms with E-state index in [1.807, 2.05) is 16.3 Å². The molecule has 0 amide bonds. The molecule has 140 valence electrons. The summed E-state index contributed by atoms with van der Waals surface area (Å²) >= 11 is 2.03. The highest BCUT2D eigenvalue weighted by Gasteiger charge is 2.16. The van der Waals surface area contributed by atoms with E-state index in [9.17, 15) is 4.79 Å². The van der Waals surface area contributed by atoms with E-state index >= 15 is 0 Å². The summed E-state index contributed by atoms with van der Waals surface area (Å²) in [6.45, 7) is 6.09. The molecular weight excluding hydrogens is 336 g/mol. The minimum absolute atomic E-state index is 0.0496. The lowest BCUT2D eigenvalue weighted by Crippen LogP contribution is -2.38. The van der Waals surface area contributed by atoms with Gasteiger partial charge in [0.1, 0.15) is 5.82 Å². The van der Waals surface area contributed by atoms with E-state index in [-0.39, 0.29) is 5.69 Å². The van der Waals surface area contributed by atoms with Crippen LogP contribution in [0.1, 0.15) is 44.9 Å². The van der Waals surface area contributed by atoms with Gasteiger partial charge in [0.05, 0.1) is 6.54 Å². The van der Waals surface area contributed by atoms with Gasteiger partial charge in [-0.05, 0) is 44.8 Å². The topological polar surface area (TPSA) is 76.2 Å². The summed E-state index contributed by atoms with van der Waals surface area (Å²) in [6.07, 6.45) is 6.61. The maximum Gasteiger partial charge on any atom is 0.345 e. The number of guanidine groups is 1. The van der Waals surface area contributed by atoms with Crippen LogP contribution in [0.5, 0.6) is 0 Å². The van der Waals surface area contributed by atoms with Gasteiger partial charge in [-0.2, -0.15) is 16.9 Å².